The highest BCUT2D eigenvalue weighted by molar-refractivity contribution is 5.93. The first kappa shape index (κ1) is 24.3. The molecule has 37 heavy (non-hydrogen) atoms. The summed E-state index contributed by atoms with van der Waals surface area (Å²) in [6, 6.07) is 5.53. The van der Waals surface area contributed by atoms with Crippen molar-refractivity contribution in [3.63, 3.8) is 0 Å². The third-order valence-electron chi connectivity index (χ3n) is 8.87. The maximum absolute atomic E-state index is 13.8. The van der Waals surface area contributed by atoms with E-state index in [4.69, 9.17) is 9.26 Å². The molecule has 1 saturated carbocycles. The van der Waals surface area contributed by atoms with Crippen LogP contribution < -0.4 is 10.1 Å². The van der Waals surface area contributed by atoms with Crippen molar-refractivity contribution in [3.05, 3.63) is 40.9 Å². The Morgan fingerprint density at radius 2 is 2.03 bits per heavy atom. The van der Waals surface area contributed by atoms with Crippen LogP contribution in [0.4, 0.5) is 10.5 Å². The van der Waals surface area contributed by atoms with Crippen LogP contribution >= 0.6 is 0 Å². The van der Waals surface area contributed by atoms with E-state index in [1.165, 1.54) is 30.3 Å². The number of anilines is 1. The number of ether oxygens (including phenoxy) is 1. The van der Waals surface area contributed by atoms with E-state index in [0.717, 1.165) is 48.8 Å². The molecule has 1 saturated heterocycles. The van der Waals surface area contributed by atoms with Crippen molar-refractivity contribution in [1.29, 1.82) is 0 Å². The van der Waals surface area contributed by atoms with Crippen LogP contribution in [0.5, 0.6) is 5.75 Å². The van der Waals surface area contributed by atoms with E-state index in [9.17, 15) is 9.90 Å². The molecule has 2 amide bonds. The Morgan fingerprint density at radius 1 is 1.27 bits per heavy atom. The Balaban J connectivity index is 1.44. The monoisotopic (exact) mass is 507 g/mol. The van der Waals surface area contributed by atoms with E-state index in [0.29, 0.717) is 23.7 Å². The summed E-state index contributed by atoms with van der Waals surface area (Å²) in [4.78, 5) is 18.2. The first-order chi connectivity index (χ1) is 17.8. The second-order valence-electron chi connectivity index (χ2n) is 11.2. The molecule has 9 heteroatoms. The molecular formula is C28H37N5O4. The summed E-state index contributed by atoms with van der Waals surface area (Å²) in [6.07, 6.45) is 4.66. The number of piperidine rings is 1. The van der Waals surface area contributed by atoms with Gasteiger partial charge in [-0.2, -0.15) is 0 Å². The van der Waals surface area contributed by atoms with Crippen LogP contribution in [0, 0.1) is 19.8 Å². The highest BCUT2D eigenvalue weighted by Crippen LogP contribution is 2.50. The Bertz CT molecular complexity index is 1310. The number of aromatic nitrogens is 2. The minimum Gasteiger partial charge on any atom is -0.497 e. The molecule has 0 radical (unpaired) electrons. The van der Waals surface area contributed by atoms with Crippen LogP contribution in [0.3, 0.4) is 0 Å². The lowest BCUT2D eigenvalue weighted by molar-refractivity contribution is 0.0699. The van der Waals surface area contributed by atoms with Gasteiger partial charge in [0.15, 0.2) is 5.76 Å². The van der Waals surface area contributed by atoms with E-state index in [1.807, 2.05) is 24.9 Å². The third kappa shape index (κ3) is 3.99. The second-order valence-corrected chi connectivity index (χ2v) is 11.2. The predicted octanol–water partition coefficient (Wildman–Crippen LogP) is 4.12. The number of likely N-dealkylation sites (tertiary alicyclic amines) is 1. The van der Waals surface area contributed by atoms with Gasteiger partial charge in [0.05, 0.1) is 25.3 Å². The van der Waals surface area contributed by atoms with Crippen LogP contribution in [0.25, 0.3) is 10.9 Å². The number of aryl methyl sites for hydroxylation is 3. The van der Waals surface area contributed by atoms with Gasteiger partial charge in [-0.25, -0.2) is 4.79 Å². The Labute approximate surface area is 217 Å². The molecule has 1 spiro atoms. The van der Waals surface area contributed by atoms with E-state index < -0.39 is 6.04 Å². The van der Waals surface area contributed by atoms with Gasteiger partial charge in [0.2, 0.25) is 0 Å². The molecule has 3 aromatic rings. The first-order valence-corrected chi connectivity index (χ1v) is 13.4. The van der Waals surface area contributed by atoms with E-state index in [1.54, 1.807) is 14.0 Å². The van der Waals surface area contributed by atoms with E-state index in [2.05, 4.69) is 32.1 Å². The van der Waals surface area contributed by atoms with Crippen molar-refractivity contribution in [3.8, 4) is 5.75 Å². The van der Waals surface area contributed by atoms with Crippen molar-refractivity contribution in [1.82, 2.24) is 19.5 Å². The fourth-order valence-corrected chi connectivity index (χ4v) is 6.65. The number of hydrogen-bond donors (Lipinski definition) is 2. The zero-order valence-electron chi connectivity index (χ0n) is 22.2. The largest absolute Gasteiger partial charge is 0.497 e. The Hall–Kier alpha value is -3.04. The van der Waals surface area contributed by atoms with E-state index in [-0.39, 0.29) is 18.1 Å². The predicted molar refractivity (Wildman–Crippen MR) is 141 cm³/mol. The average Bonchev–Trinajstić information content (AvgIpc) is 3.61. The van der Waals surface area contributed by atoms with Crippen molar-refractivity contribution >= 4 is 22.6 Å². The average molecular weight is 508 g/mol. The molecule has 0 unspecified atom stereocenters. The third-order valence-corrected chi connectivity index (χ3v) is 8.87. The van der Waals surface area contributed by atoms with Crippen molar-refractivity contribution in [2.75, 3.05) is 45.2 Å². The molecule has 0 bridgehead atoms. The molecule has 6 rings (SSSR count). The summed E-state index contributed by atoms with van der Waals surface area (Å²) in [5, 5.41) is 18.9. The number of carbonyl (C=O) groups excluding carboxylic acids is 1. The minimum absolute atomic E-state index is 0.160. The molecule has 4 heterocycles. The van der Waals surface area contributed by atoms with Crippen LogP contribution in [-0.4, -0.2) is 70.6 Å². The van der Waals surface area contributed by atoms with Gasteiger partial charge in [-0.1, -0.05) is 5.16 Å². The topological polar surface area (TPSA) is 96.0 Å². The minimum atomic E-state index is -0.464. The summed E-state index contributed by atoms with van der Waals surface area (Å²) < 4.78 is 13.0. The number of benzene rings is 1. The van der Waals surface area contributed by atoms with Crippen LogP contribution in [0.15, 0.2) is 22.7 Å². The Kier molecular flexibility index (Phi) is 5.95. The maximum atomic E-state index is 13.8. The number of methoxy groups -OCH3 is 1. The molecule has 2 aliphatic heterocycles. The number of fused-ring (bicyclic) bond motifs is 4. The van der Waals surface area contributed by atoms with Crippen molar-refractivity contribution < 1.29 is 19.2 Å². The van der Waals surface area contributed by atoms with Gasteiger partial charge in [0.1, 0.15) is 17.1 Å². The molecule has 2 aromatic heterocycles. The summed E-state index contributed by atoms with van der Waals surface area (Å²) in [7, 11) is 3.72. The second kappa shape index (κ2) is 9.06. The SMILES string of the molecule is COc1ccc2c3c(n(C)c2c1)[C@@H](CO)N(C(=O)Nc1c(C)noc1C)CC31CCN(CC2CC2)CC1. The molecule has 1 aromatic carbocycles. The highest BCUT2D eigenvalue weighted by atomic mass is 16.5. The maximum Gasteiger partial charge on any atom is 0.322 e. The summed E-state index contributed by atoms with van der Waals surface area (Å²) in [5.74, 6) is 2.23. The molecule has 1 atom stereocenters. The number of amides is 2. The number of rotatable bonds is 5. The van der Waals surface area contributed by atoms with Crippen molar-refractivity contribution in [2.45, 2.75) is 51.0 Å². The fourth-order valence-electron chi connectivity index (χ4n) is 6.65. The van der Waals surface area contributed by atoms with Crippen molar-refractivity contribution in [2.24, 2.45) is 13.0 Å². The van der Waals surface area contributed by atoms with Gasteiger partial charge in [-0.3, -0.25) is 0 Å². The summed E-state index contributed by atoms with van der Waals surface area (Å²) in [5.41, 5.74) is 4.42. The summed E-state index contributed by atoms with van der Waals surface area (Å²) >= 11 is 0. The molecule has 3 aliphatic rings. The van der Waals surface area contributed by atoms with Gasteiger partial charge in [-0.15, -0.1) is 0 Å². The lowest BCUT2D eigenvalue weighted by Crippen LogP contribution is -2.56. The Morgan fingerprint density at radius 3 is 2.65 bits per heavy atom. The number of aliphatic hydroxyl groups excluding tert-OH is 1. The smallest absolute Gasteiger partial charge is 0.322 e. The fraction of sp³-hybridized carbons (Fsp3) is 0.571. The number of aliphatic hydroxyl groups is 1. The van der Waals surface area contributed by atoms with Crippen LogP contribution in [0.2, 0.25) is 0 Å². The molecule has 198 valence electrons. The highest BCUT2D eigenvalue weighted by Gasteiger charge is 2.49. The zero-order valence-corrected chi connectivity index (χ0v) is 22.2. The molecule has 2 N–H and O–H groups in total. The quantitative estimate of drug-likeness (QED) is 0.540. The van der Waals surface area contributed by atoms with Gasteiger partial charge >= 0.3 is 6.03 Å². The zero-order chi connectivity index (χ0) is 25.9. The lowest BCUT2D eigenvalue weighted by atomic mass is 9.68. The van der Waals surface area contributed by atoms with Gasteiger partial charge < -0.3 is 34.1 Å². The van der Waals surface area contributed by atoms with Crippen LogP contribution in [0.1, 0.15) is 54.4 Å². The lowest BCUT2D eigenvalue weighted by Gasteiger charge is -2.50. The normalized spacial score (nSPS) is 21.4. The number of nitrogens with zero attached hydrogens (tertiary/aromatic N) is 4. The standard InChI is InChI=1S/C28H37N5O4/c1-17-25(18(2)37-30-17)29-27(35)33-16-28(9-11-32(12-10-28)14-19-5-6-19)24-21-8-7-20(36-4)13-22(21)31(3)26(24)23(33)15-34/h7-8,13,19,23,34H,5-6,9-12,14-16H2,1-4H3,(H,29,35)/t23-/m1/s1. The van der Waals surface area contributed by atoms with Crippen LogP contribution in [-0.2, 0) is 12.5 Å². The van der Waals surface area contributed by atoms with E-state index >= 15 is 0 Å². The number of urea groups is 1. The molecular weight excluding hydrogens is 470 g/mol. The summed E-state index contributed by atoms with van der Waals surface area (Å²) in [6.45, 7) is 7.23. The molecule has 2 fully saturated rings. The van der Waals surface area contributed by atoms with Gasteiger partial charge in [0, 0.05) is 42.7 Å². The number of nitrogens with one attached hydrogen (secondary N) is 1. The number of carbonyl (C=O) groups is 1. The number of hydrogen-bond acceptors (Lipinski definition) is 6. The molecule has 9 nitrogen and oxygen atoms in total. The first-order valence-electron chi connectivity index (χ1n) is 13.4. The van der Waals surface area contributed by atoms with Gasteiger partial charge in [-0.05, 0) is 76.2 Å². The van der Waals surface area contributed by atoms with Gasteiger partial charge in [0.25, 0.3) is 0 Å². The molecule has 1 aliphatic carbocycles.